The van der Waals surface area contributed by atoms with Crippen LogP contribution in [0.3, 0.4) is 0 Å². The fourth-order valence-corrected chi connectivity index (χ4v) is 3.43. The molecule has 0 aliphatic heterocycles. The average molecular weight is 337 g/mol. The molecule has 1 aromatic heterocycles. The summed E-state index contributed by atoms with van der Waals surface area (Å²) in [5.74, 6) is -2.23. The number of nitrogens with zero attached hydrogens (tertiary/aromatic N) is 1. The van der Waals surface area contributed by atoms with Gasteiger partial charge in [0.1, 0.15) is 4.60 Å². The van der Waals surface area contributed by atoms with Gasteiger partial charge in [0.25, 0.3) is 0 Å². The second kappa shape index (κ2) is 5.01. The van der Waals surface area contributed by atoms with Crippen LogP contribution in [0.25, 0.3) is 0 Å². The summed E-state index contributed by atoms with van der Waals surface area (Å²) >= 11 is 3.22. The van der Waals surface area contributed by atoms with Crippen LogP contribution in [0.2, 0.25) is 0 Å². The molecule has 1 aromatic rings. The van der Waals surface area contributed by atoms with Crippen molar-refractivity contribution >= 4 is 33.5 Å². The molecule has 2 aliphatic rings. The molecule has 2 bridgehead atoms. The number of fused-ring (bicyclic) bond motifs is 2. The number of rotatable bonds is 3. The van der Waals surface area contributed by atoms with Gasteiger partial charge in [-0.1, -0.05) is 12.2 Å². The summed E-state index contributed by atoms with van der Waals surface area (Å²) in [5, 5.41) is 12.1. The fourth-order valence-electron chi connectivity index (χ4n) is 3.19. The van der Waals surface area contributed by atoms with Gasteiger partial charge in [0, 0.05) is 0 Å². The molecule has 1 amide bonds. The summed E-state index contributed by atoms with van der Waals surface area (Å²) in [4.78, 5) is 27.8. The monoisotopic (exact) mass is 336 g/mol. The Kier molecular flexibility index (Phi) is 3.33. The van der Waals surface area contributed by atoms with Gasteiger partial charge in [-0.2, -0.15) is 0 Å². The van der Waals surface area contributed by atoms with Gasteiger partial charge in [-0.05, 0) is 46.3 Å². The van der Waals surface area contributed by atoms with Crippen LogP contribution in [0, 0.1) is 23.7 Å². The number of hydrogen-bond acceptors (Lipinski definition) is 3. The van der Waals surface area contributed by atoms with Gasteiger partial charge in [0.2, 0.25) is 5.91 Å². The van der Waals surface area contributed by atoms with Crippen molar-refractivity contribution in [3.8, 4) is 0 Å². The van der Waals surface area contributed by atoms with Crippen molar-refractivity contribution in [1.82, 2.24) is 4.98 Å². The predicted octanol–water partition coefficient (Wildman–Crippen LogP) is 2.31. The van der Waals surface area contributed by atoms with Gasteiger partial charge in [0.15, 0.2) is 0 Å². The lowest BCUT2D eigenvalue weighted by molar-refractivity contribution is -0.146. The molecule has 2 N–H and O–H groups in total. The second-order valence-corrected chi connectivity index (χ2v) is 6.01. The molecule has 1 fully saturated rings. The minimum Gasteiger partial charge on any atom is -0.481 e. The van der Waals surface area contributed by atoms with E-state index in [1.807, 2.05) is 12.2 Å². The standard InChI is InChI=1S/C14H13BrN2O3/c15-10-4-3-9(6-16-10)17-13(18)11-7-1-2-8(5-7)12(11)14(19)20/h1-4,6-8,11-12H,5H2,(H,17,18)(H,19,20). The third kappa shape index (κ3) is 2.24. The Balaban J connectivity index is 1.78. The number of allylic oxidation sites excluding steroid dienone is 2. The third-order valence-corrected chi connectivity index (χ3v) is 4.51. The average Bonchev–Trinajstić information content (AvgIpc) is 3.01. The molecule has 0 aromatic carbocycles. The van der Waals surface area contributed by atoms with E-state index in [0.29, 0.717) is 10.3 Å². The van der Waals surface area contributed by atoms with Crippen LogP contribution in [-0.4, -0.2) is 22.0 Å². The zero-order valence-corrected chi connectivity index (χ0v) is 12.1. The Hall–Kier alpha value is -1.69. The summed E-state index contributed by atoms with van der Waals surface area (Å²) < 4.78 is 0.682. The SMILES string of the molecule is O=C(O)C1C2C=CC(C2)C1C(=O)Nc1ccc(Br)nc1. The first-order chi connectivity index (χ1) is 9.56. The second-order valence-electron chi connectivity index (χ2n) is 5.20. The molecular formula is C14H13BrN2O3. The molecule has 5 nitrogen and oxygen atoms in total. The van der Waals surface area contributed by atoms with Crippen LogP contribution in [0.15, 0.2) is 35.1 Å². The molecule has 2 aliphatic carbocycles. The smallest absolute Gasteiger partial charge is 0.307 e. The van der Waals surface area contributed by atoms with E-state index in [1.165, 1.54) is 0 Å². The molecule has 1 saturated carbocycles. The Morgan fingerprint density at radius 2 is 1.95 bits per heavy atom. The third-order valence-electron chi connectivity index (χ3n) is 4.04. The molecule has 0 radical (unpaired) electrons. The largest absolute Gasteiger partial charge is 0.481 e. The van der Waals surface area contributed by atoms with E-state index in [9.17, 15) is 14.7 Å². The van der Waals surface area contributed by atoms with Crippen molar-refractivity contribution in [2.75, 3.05) is 5.32 Å². The van der Waals surface area contributed by atoms with Crippen molar-refractivity contribution in [1.29, 1.82) is 0 Å². The first-order valence-corrected chi connectivity index (χ1v) is 7.19. The number of nitrogens with one attached hydrogen (secondary N) is 1. The summed E-state index contributed by atoms with van der Waals surface area (Å²) in [6, 6.07) is 3.46. The highest BCUT2D eigenvalue weighted by atomic mass is 79.9. The fraction of sp³-hybridized carbons (Fsp3) is 0.357. The number of halogens is 1. The number of pyridine rings is 1. The summed E-state index contributed by atoms with van der Waals surface area (Å²) in [6.07, 6.45) is 6.19. The summed E-state index contributed by atoms with van der Waals surface area (Å²) in [5.41, 5.74) is 0.578. The van der Waals surface area contributed by atoms with E-state index in [2.05, 4.69) is 26.2 Å². The van der Waals surface area contributed by atoms with Crippen LogP contribution in [0.4, 0.5) is 5.69 Å². The van der Waals surface area contributed by atoms with Crippen molar-refractivity contribution < 1.29 is 14.7 Å². The minimum atomic E-state index is -0.893. The molecule has 0 saturated heterocycles. The van der Waals surface area contributed by atoms with Crippen LogP contribution < -0.4 is 5.32 Å². The number of aromatic nitrogens is 1. The van der Waals surface area contributed by atoms with Gasteiger partial charge < -0.3 is 10.4 Å². The quantitative estimate of drug-likeness (QED) is 0.655. The van der Waals surface area contributed by atoms with Gasteiger partial charge in [0.05, 0.1) is 23.7 Å². The van der Waals surface area contributed by atoms with Crippen molar-refractivity contribution in [2.24, 2.45) is 23.7 Å². The molecule has 0 spiro atoms. The highest BCUT2D eigenvalue weighted by molar-refractivity contribution is 9.10. The van der Waals surface area contributed by atoms with E-state index >= 15 is 0 Å². The first kappa shape index (κ1) is 13.3. The van der Waals surface area contributed by atoms with E-state index in [-0.39, 0.29) is 17.7 Å². The maximum Gasteiger partial charge on any atom is 0.307 e. The highest BCUT2D eigenvalue weighted by Crippen LogP contribution is 2.48. The number of carboxylic acid groups (broad SMARTS) is 1. The van der Waals surface area contributed by atoms with Crippen LogP contribution in [0.1, 0.15) is 6.42 Å². The molecule has 1 heterocycles. The molecular weight excluding hydrogens is 324 g/mol. The zero-order chi connectivity index (χ0) is 14.3. The Labute approximate surface area is 124 Å². The maximum absolute atomic E-state index is 12.4. The molecule has 4 atom stereocenters. The van der Waals surface area contributed by atoms with E-state index in [0.717, 1.165) is 6.42 Å². The molecule has 104 valence electrons. The zero-order valence-electron chi connectivity index (χ0n) is 10.5. The van der Waals surface area contributed by atoms with Crippen LogP contribution >= 0.6 is 15.9 Å². The summed E-state index contributed by atoms with van der Waals surface area (Å²) in [7, 11) is 0. The van der Waals surface area contributed by atoms with E-state index in [4.69, 9.17) is 0 Å². The van der Waals surface area contributed by atoms with Crippen molar-refractivity contribution in [3.05, 3.63) is 35.1 Å². The molecule has 3 rings (SSSR count). The van der Waals surface area contributed by atoms with Gasteiger partial charge in [-0.3, -0.25) is 9.59 Å². The number of hydrogen-bond donors (Lipinski definition) is 2. The molecule has 6 heteroatoms. The van der Waals surface area contributed by atoms with E-state index < -0.39 is 17.8 Å². The Morgan fingerprint density at radius 1 is 1.25 bits per heavy atom. The normalized spacial score (nSPS) is 30.4. The molecule has 4 unspecified atom stereocenters. The molecule has 20 heavy (non-hydrogen) atoms. The first-order valence-electron chi connectivity index (χ1n) is 6.40. The van der Waals surface area contributed by atoms with E-state index in [1.54, 1.807) is 18.3 Å². The van der Waals surface area contributed by atoms with Crippen molar-refractivity contribution in [2.45, 2.75) is 6.42 Å². The number of amides is 1. The number of carbonyl (C=O) groups excluding carboxylic acids is 1. The minimum absolute atomic E-state index is 0.0173. The van der Waals surface area contributed by atoms with Crippen LogP contribution in [-0.2, 0) is 9.59 Å². The van der Waals surface area contributed by atoms with Gasteiger partial charge in [-0.25, -0.2) is 4.98 Å². The predicted molar refractivity (Wildman–Crippen MR) is 75.9 cm³/mol. The Bertz CT molecular complexity index is 585. The van der Waals surface area contributed by atoms with Gasteiger partial charge in [-0.15, -0.1) is 0 Å². The number of anilines is 1. The maximum atomic E-state index is 12.4. The number of carboxylic acids is 1. The topological polar surface area (TPSA) is 79.3 Å². The highest BCUT2D eigenvalue weighted by Gasteiger charge is 2.51. The van der Waals surface area contributed by atoms with Crippen LogP contribution in [0.5, 0.6) is 0 Å². The lowest BCUT2D eigenvalue weighted by Gasteiger charge is -2.23. The Morgan fingerprint density at radius 3 is 2.55 bits per heavy atom. The number of carbonyl (C=O) groups is 2. The lowest BCUT2D eigenvalue weighted by atomic mass is 9.82. The number of aliphatic carboxylic acids is 1. The lowest BCUT2D eigenvalue weighted by Crippen LogP contribution is -2.36. The van der Waals surface area contributed by atoms with Gasteiger partial charge >= 0.3 is 5.97 Å². The van der Waals surface area contributed by atoms with Crippen molar-refractivity contribution in [3.63, 3.8) is 0 Å². The summed E-state index contributed by atoms with van der Waals surface area (Å²) in [6.45, 7) is 0.